The predicted molar refractivity (Wildman–Crippen MR) is 155 cm³/mol. The van der Waals surface area contributed by atoms with Gasteiger partial charge in [-0.3, -0.25) is 14.5 Å². The summed E-state index contributed by atoms with van der Waals surface area (Å²) < 4.78 is 38.3. The van der Waals surface area contributed by atoms with Crippen LogP contribution >= 0.6 is 0 Å². The molecule has 1 aromatic rings. The fourth-order valence-electron chi connectivity index (χ4n) is 5.74. The molecule has 1 N–H and O–H groups in total. The summed E-state index contributed by atoms with van der Waals surface area (Å²) in [5.41, 5.74) is 1.25. The molecule has 2 amide bonds. The van der Waals surface area contributed by atoms with Crippen LogP contribution in [0.25, 0.3) is 0 Å². The molecule has 1 saturated heterocycles. The highest BCUT2D eigenvalue weighted by atomic mass is 32.2. The van der Waals surface area contributed by atoms with Crippen molar-refractivity contribution in [2.45, 2.75) is 57.3 Å². The molecule has 3 rings (SSSR count). The summed E-state index contributed by atoms with van der Waals surface area (Å²) in [4.78, 5) is 29.0. The Morgan fingerprint density at radius 2 is 1.62 bits per heavy atom. The number of likely N-dealkylation sites (tertiary alicyclic amines) is 1. The molecule has 2 fully saturated rings. The number of carbonyl (C=O) groups excluding carboxylic acids is 2. The molecule has 1 heterocycles. The van der Waals surface area contributed by atoms with Gasteiger partial charge in [0.2, 0.25) is 21.8 Å². The molecule has 0 unspecified atom stereocenters. The minimum absolute atomic E-state index is 0.0800. The Balaban J connectivity index is 1.32. The fourth-order valence-corrected chi connectivity index (χ4v) is 7.30. The van der Waals surface area contributed by atoms with Crippen LogP contribution < -0.4 is 10.1 Å². The van der Waals surface area contributed by atoms with Crippen LogP contribution in [0.2, 0.25) is 0 Å². The van der Waals surface area contributed by atoms with Crippen LogP contribution in [0.4, 0.5) is 0 Å². The molecule has 1 aliphatic carbocycles. The summed E-state index contributed by atoms with van der Waals surface area (Å²) in [6.07, 6.45) is 6.57. The van der Waals surface area contributed by atoms with Crippen molar-refractivity contribution in [2.24, 2.45) is 11.8 Å². The van der Waals surface area contributed by atoms with Crippen LogP contribution in [-0.4, -0.2) is 108 Å². The van der Waals surface area contributed by atoms with Crippen LogP contribution in [0.3, 0.4) is 0 Å². The first-order chi connectivity index (χ1) is 19.0. The second kappa shape index (κ2) is 15.1. The monoisotopic (exact) mass is 580 g/mol. The molecule has 0 spiro atoms. The molecule has 1 saturated carbocycles. The van der Waals surface area contributed by atoms with Crippen LogP contribution in [0, 0.1) is 25.7 Å². The number of nitrogens with zero attached hydrogens (tertiary/aromatic N) is 3. The molecule has 0 atom stereocenters. The lowest BCUT2D eigenvalue weighted by atomic mass is 9.81. The number of nitrogens with one attached hydrogen (secondary N) is 1. The van der Waals surface area contributed by atoms with Gasteiger partial charge in [0.05, 0.1) is 25.2 Å². The van der Waals surface area contributed by atoms with Gasteiger partial charge in [0.15, 0.2) is 0 Å². The van der Waals surface area contributed by atoms with Crippen molar-refractivity contribution in [3.8, 4) is 5.75 Å². The van der Waals surface area contributed by atoms with Gasteiger partial charge in [-0.15, -0.1) is 0 Å². The minimum Gasteiger partial charge on any atom is -0.497 e. The van der Waals surface area contributed by atoms with Crippen LogP contribution in [0.1, 0.15) is 49.7 Å². The number of aryl methyl sites for hydroxylation is 2. The molecule has 0 radical (unpaired) electrons. The highest BCUT2D eigenvalue weighted by Crippen LogP contribution is 2.29. The molecule has 40 heavy (non-hydrogen) atoms. The fraction of sp³-hybridized carbons (Fsp3) is 0.724. The zero-order valence-corrected chi connectivity index (χ0v) is 25.7. The van der Waals surface area contributed by atoms with Crippen molar-refractivity contribution < 1.29 is 27.5 Å². The zero-order chi connectivity index (χ0) is 29.3. The maximum absolute atomic E-state index is 13.1. The van der Waals surface area contributed by atoms with E-state index in [0.717, 1.165) is 45.3 Å². The molecule has 0 aromatic heterocycles. The van der Waals surface area contributed by atoms with E-state index in [1.54, 1.807) is 45.0 Å². The van der Waals surface area contributed by atoms with Gasteiger partial charge in [-0.05, 0) is 101 Å². The van der Waals surface area contributed by atoms with E-state index in [-0.39, 0.29) is 36.5 Å². The molecule has 11 heteroatoms. The average Bonchev–Trinajstić information content (AvgIpc) is 3.42. The number of hydrogen-bond acceptors (Lipinski definition) is 7. The average molecular weight is 581 g/mol. The van der Waals surface area contributed by atoms with E-state index in [1.165, 1.54) is 24.2 Å². The summed E-state index contributed by atoms with van der Waals surface area (Å²) in [5.74, 6) is 1.58. The molecule has 1 aliphatic heterocycles. The maximum atomic E-state index is 13.1. The number of amides is 2. The van der Waals surface area contributed by atoms with E-state index in [4.69, 9.17) is 9.47 Å². The largest absolute Gasteiger partial charge is 0.497 e. The summed E-state index contributed by atoms with van der Waals surface area (Å²) >= 11 is 0. The van der Waals surface area contributed by atoms with Gasteiger partial charge in [0.1, 0.15) is 12.4 Å². The highest BCUT2D eigenvalue weighted by Gasteiger charge is 2.26. The summed E-state index contributed by atoms with van der Waals surface area (Å²) in [6, 6.07) is 3.42. The van der Waals surface area contributed by atoms with E-state index >= 15 is 0 Å². The van der Waals surface area contributed by atoms with E-state index in [2.05, 4.69) is 10.2 Å². The number of likely N-dealkylation sites (N-methyl/N-ethyl adjacent to an activating group) is 2. The molecule has 1 aromatic carbocycles. The van der Waals surface area contributed by atoms with E-state index in [0.29, 0.717) is 41.8 Å². The molecule has 226 valence electrons. The topological polar surface area (TPSA) is 108 Å². The summed E-state index contributed by atoms with van der Waals surface area (Å²) in [5, 5.41) is 3.11. The molecule has 10 nitrogen and oxygen atoms in total. The Hall–Kier alpha value is -2.21. The first-order valence-corrected chi connectivity index (χ1v) is 15.9. The van der Waals surface area contributed by atoms with Crippen LogP contribution in [0.5, 0.6) is 5.75 Å². The van der Waals surface area contributed by atoms with Gasteiger partial charge in [-0.1, -0.05) is 0 Å². The number of hydrogen-bond donors (Lipinski definition) is 1. The summed E-state index contributed by atoms with van der Waals surface area (Å²) in [7, 11) is 1.16. The van der Waals surface area contributed by atoms with Crippen molar-refractivity contribution in [3.63, 3.8) is 0 Å². The second-order valence-corrected chi connectivity index (χ2v) is 13.4. The van der Waals surface area contributed by atoms with Crippen LogP contribution in [0.15, 0.2) is 17.0 Å². The maximum Gasteiger partial charge on any atom is 0.248 e. The number of sulfonamides is 1. The lowest BCUT2D eigenvalue weighted by molar-refractivity contribution is -0.135. The highest BCUT2D eigenvalue weighted by molar-refractivity contribution is 7.89. The normalized spacial score (nSPS) is 20.1. The minimum atomic E-state index is -3.70. The standard InChI is InChI=1S/C29H48N4O6S/c1-22-16-26(38-5)17-23(2)29(22)40(36,37)32(4)14-15-39-21-28(35)31(3)19-25-10-8-24(9-11-25)18-30-27(34)20-33-12-6-7-13-33/h16-17,24-25H,6-15,18-21H2,1-5H3,(H,30,34). The number of benzene rings is 1. The lowest BCUT2D eigenvalue weighted by Crippen LogP contribution is -2.39. The third kappa shape index (κ3) is 9.15. The Morgan fingerprint density at radius 1 is 1.02 bits per heavy atom. The molecule has 0 bridgehead atoms. The molecule has 2 aliphatic rings. The van der Waals surface area contributed by atoms with Crippen LogP contribution in [-0.2, 0) is 24.3 Å². The Labute approximate surface area is 240 Å². The van der Waals surface area contributed by atoms with Crippen molar-refractivity contribution in [1.29, 1.82) is 0 Å². The van der Waals surface area contributed by atoms with Gasteiger partial charge < -0.3 is 19.7 Å². The quantitative estimate of drug-likeness (QED) is 0.337. The Bertz CT molecular complexity index is 1070. The van der Waals surface area contributed by atoms with E-state index in [9.17, 15) is 18.0 Å². The molecular weight excluding hydrogens is 532 g/mol. The SMILES string of the molecule is COc1cc(C)c(S(=O)(=O)N(C)CCOCC(=O)N(C)CC2CCC(CNC(=O)CN3CCCC3)CC2)c(C)c1. The predicted octanol–water partition coefficient (Wildman–Crippen LogP) is 2.43. The van der Waals surface area contributed by atoms with Gasteiger partial charge in [-0.2, -0.15) is 4.31 Å². The number of methoxy groups -OCH3 is 1. The Morgan fingerprint density at radius 3 is 2.23 bits per heavy atom. The number of carbonyl (C=O) groups is 2. The summed E-state index contributed by atoms with van der Waals surface area (Å²) in [6.45, 7) is 7.68. The van der Waals surface area contributed by atoms with Crippen molar-refractivity contribution in [3.05, 3.63) is 23.3 Å². The van der Waals surface area contributed by atoms with Gasteiger partial charge in [0.25, 0.3) is 0 Å². The Kier molecular flexibility index (Phi) is 12.2. The number of rotatable bonds is 14. The van der Waals surface area contributed by atoms with Gasteiger partial charge >= 0.3 is 0 Å². The van der Waals surface area contributed by atoms with Crippen molar-refractivity contribution in [1.82, 2.24) is 19.4 Å². The first kappa shape index (κ1) is 32.3. The lowest BCUT2D eigenvalue weighted by Gasteiger charge is -2.31. The third-order valence-electron chi connectivity index (χ3n) is 8.19. The van der Waals surface area contributed by atoms with Crippen molar-refractivity contribution in [2.75, 3.05) is 73.7 Å². The van der Waals surface area contributed by atoms with E-state index < -0.39 is 10.0 Å². The first-order valence-electron chi connectivity index (χ1n) is 14.4. The third-order valence-corrected chi connectivity index (χ3v) is 10.4. The zero-order valence-electron chi connectivity index (χ0n) is 24.9. The van der Waals surface area contributed by atoms with Gasteiger partial charge in [-0.25, -0.2) is 8.42 Å². The molecular formula is C29H48N4O6S. The van der Waals surface area contributed by atoms with E-state index in [1.807, 2.05) is 0 Å². The van der Waals surface area contributed by atoms with Crippen molar-refractivity contribution >= 4 is 21.8 Å². The number of ether oxygens (including phenoxy) is 2. The van der Waals surface area contributed by atoms with Gasteiger partial charge in [0, 0.05) is 33.7 Å². The smallest absolute Gasteiger partial charge is 0.248 e. The second-order valence-electron chi connectivity index (χ2n) is 11.4.